The number of Topliss-reactive ketones (excluding diaryl/α,β-unsaturated/α-hetero) is 2. The number of carbonyl (C=O) groups excluding carboxylic acids is 2. The number of fused-ring (bicyclic) bond motifs is 1. The molecule has 1 aliphatic rings. The van der Waals surface area contributed by atoms with Gasteiger partial charge in [-0.15, -0.1) is 0 Å². The van der Waals surface area contributed by atoms with E-state index < -0.39 is 0 Å². The molecule has 0 radical (unpaired) electrons. The number of aryl methyl sites for hydroxylation is 1. The highest BCUT2D eigenvalue weighted by Gasteiger charge is 2.20. The van der Waals surface area contributed by atoms with Gasteiger partial charge in [0.2, 0.25) is 0 Å². The van der Waals surface area contributed by atoms with Crippen LogP contribution in [0.3, 0.4) is 0 Å². The molecule has 0 saturated heterocycles. The Balaban J connectivity index is 1.69. The molecule has 0 atom stereocenters. The molecule has 4 heteroatoms. The summed E-state index contributed by atoms with van der Waals surface area (Å²) in [6.07, 6.45) is 0.347. The quantitative estimate of drug-likeness (QED) is 0.792. The predicted molar refractivity (Wildman–Crippen MR) is 86.5 cm³/mol. The summed E-state index contributed by atoms with van der Waals surface area (Å²) in [6.45, 7) is 2.85. The third-order valence-corrected chi connectivity index (χ3v) is 3.79. The molecule has 3 rings (SSSR count). The molecular formula is C19H18O4. The molecule has 0 amide bonds. The number of hydrogen-bond donors (Lipinski definition) is 0. The molecule has 2 aromatic carbocycles. The molecule has 0 N–H and O–H groups in total. The maximum Gasteiger partial charge on any atom is 0.172 e. The van der Waals surface area contributed by atoms with Gasteiger partial charge < -0.3 is 9.47 Å². The van der Waals surface area contributed by atoms with Gasteiger partial charge in [-0.05, 0) is 25.1 Å². The largest absolute Gasteiger partial charge is 0.486 e. The zero-order chi connectivity index (χ0) is 16.2. The summed E-state index contributed by atoms with van der Waals surface area (Å²) in [6, 6.07) is 12.7. The molecule has 2 aromatic rings. The molecule has 0 spiro atoms. The third kappa shape index (κ3) is 3.42. The van der Waals surface area contributed by atoms with Crippen molar-refractivity contribution in [1.29, 1.82) is 0 Å². The van der Waals surface area contributed by atoms with Crippen LogP contribution in [0.1, 0.15) is 39.1 Å². The predicted octanol–water partition coefficient (Wildman–Crippen LogP) is 3.61. The second kappa shape index (κ2) is 6.65. The van der Waals surface area contributed by atoms with Crippen LogP contribution in [0.2, 0.25) is 0 Å². The highest BCUT2D eigenvalue weighted by atomic mass is 16.6. The zero-order valence-corrected chi connectivity index (χ0v) is 13.0. The minimum Gasteiger partial charge on any atom is -0.486 e. The molecule has 0 aromatic heterocycles. The molecule has 0 saturated carbocycles. The van der Waals surface area contributed by atoms with Gasteiger partial charge in [-0.25, -0.2) is 0 Å². The summed E-state index contributed by atoms with van der Waals surface area (Å²) in [5.74, 6) is 0.955. The average Bonchev–Trinajstić information content (AvgIpc) is 2.59. The second-order valence-corrected chi connectivity index (χ2v) is 5.55. The van der Waals surface area contributed by atoms with Crippen LogP contribution in [0.4, 0.5) is 0 Å². The Bertz CT molecular complexity index is 749. The number of benzene rings is 2. The molecule has 0 bridgehead atoms. The van der Waals surface area contributed by atoms with Crippen molar-refractivity contribution in [2.45, 2.75) is 19.8 Å². The summed E-state index contributed by atoms with van der Waals surface area (Å²) >= 11 is 0. The number of rotatable bonds is 5. The minimum atomic E-state index is -0.103. The minimum absolute atomic E-state index is 0.0241. The van der Waals surface area contributed by atoms with E-state index >= 15 is 0 Å². The first kappa shape index (κ1) is 15.3. The first-order chi connectivity index (χ1) is 11.1. The fraction of sp³-hybridized carbons (Fsp3) is 0.263. The molecule has 0 aliphatic carbocycles. The van der Waals surface area contributed by atoms with Gasteiger partial charge in [0, 0.05) is 18.4 Å². The summed E-state index contributed by atoms with van der Waals surface area (Å²) in [4.78, 5) is 24.6. The summed E-state index contributed by atoms with van der Waals surface area (Å²) in [7, 11) is 0. The van der Waals surface area contributed by atoms with Crippen molar-refractivity contribution < 1.29 is 19.1 Å². The van der Waals surface area contributed by atoms with Gasteiger partial charge in [0.15, 0.2) is 23.1 Å². The van der Waals surface area contributed by atoms with Crippen LogP contribution in [0, 0.1) is 6.92 Å². The zero-order valence-electron chi connectivity index (χ0n) is 13.0. The Morgan fingerprint density at radius 2 is 1.70 bits per heavy atom. The summed E-state index contributed by atoms with van der Waals surface area (Å²) in [5, 5.41) is 0. The van der Waals surface area contributed by atoms with Crippen molar-refractivity contribution in [3.05, 3.63) is 59.2 Å². The van der Waals surface area contributed by atoms with E-state index in [0.29, 0.717) is 35.8 Å². The molecule has 4 nitrogen and oxygen atoms in total. The van der Waals surface area contributed by atoms with Crippen molar-refractivity contribution in [1.82, 2.24) is 0 Å². The second-order valence-electron chi connectivity index (χ2n) is 5.55. The van der Waals surface area contributed by atoms with E-state index in [4.69, 9.17) is 9.47 Å². The fourth-order valence-corrected chi connectivity index (χ4v) is 2.62. The Morgan fingerprint density at radius 3 is 2.52 bits per heavy atom. The SMILES string of the molecule is Cc1cccc(C(=O)CCC(=O)c2cccc3c2OCCO3)c1. The lowest BCUT2D eigenvalue weighted by atomic mass is 10.00. The lowest BCUT2D eigenvalue weighted by Crippen LogP contribution is -2.18. The van der Waals surface area contributed by atoms with E-state index in [1.807, 2.05) is 25.1 Å². The summed E-state index contributed by atoms with van der Waals surface area (Å²) in [5.41, 5.74) is 2.16. The van der Waals surface area contributed by atoms with Crippen molar-refractivity contribution in [3.63, 3.8) is 0 Å². The van der Waals surface area contributed by atoms with E-state index in [0.717, 1.165) is 5.56 Å². The van der Waals surface area contributed by atoms with Crippen LogP contribution in [-0.2, 0) is 0 Å². The lowest BCUT2D eigenvalue weighted by Gasteiger charge is -2.20. The molecule has 1 aliphatic heterocycles. The first-order valence-electron chi connectivity index (χ1n) is 7.67. The average molecular weight is 310 g/mol. The highest BCUT2D eigenvalue weighted by molar-refractivity contribution is 6.03. The van der Waals surface area contributed by atoms with Crippen LogP contribution < -0.4 is 9.47 Å². The van der Waals surface area contributed by atoms with E-state index in [-0.39, 0.29) is 24.4 Å². The fourth-order valence-electron chi connectivity index (χ4n) is 2.62. The highest BCUT2D eigenvalue weighted by Crippen LogP contribution is 2.34. The van der Waals surface area contributed by atoms with Crippen LogP contribution in [0.25, 0.3) is 0 Å². The third-order valence-electron chi connectivity index (χ3n) is 3.79. The molecule has 1 heterocycles. The first-order valence-corrected chi connectivity index (χ1v) is 7.67. The van der Waals surface area contributed by atoms with Crippen molar-refractivity contribution in [3.8, 4) is 11.5 Å². The summed E-state index contributed by atoms with van der Waals surface area (Å²) < 4.78 is 11.0. The molecule has 23 heavy (non-hydrogen) atoms. The molecular weight excluding hydrogens is 292 g/mol. The standard InChI is InChI=1S/C19H18O4/c1-13-4-2-5-14(12-13)16(20)8-9-17(21)15-6-3-7-18-19(15)23-11-10-22-18/h2-7,12H,8-11H2,1H3. The van der Waals surface area contributed by atoms with Crippen LogP contribution in [0.5, 0.6) is 11.5 Å². The number of para-hydroxylation sites is 1. The lowest BCUT2D eigenvalue weighted by molar-refractivity contribution is 0.0911. The van der Waals surface area contributed by atoms with E-state index in [1.165, 1.54) is 0 Å². The topological polar surface area (TPSA) is 52.6 Å². The molecule has 0 unspecified atom stereocenters. The smallest absolute Gasteiger partial charge is 0.172 e. The number of carbonyl (C=O) groups is 2. The Hall–Kier alpha value is -2.62. The van der Waals surface area contributed by atoms with Gasteiger partial charge in [0.25, 0.3) is 0 Å². The van der Waals surface area contributed by atoms with E-state index in [9.17, 15) is 9.59 Å². The van der Waals surface area contributed by atoms with Crippen LogP contribution in [0.15, 0.2) is 42.5 Å². The Labute approximate surface area is 135 Å². The van der Waals surface area contributed by atoms with Gasteiger partial charge in [0.05, 0.1) is 5.56 Å². The van der Waals surface area contributed by atoms with Gasteiger partial charge in [-0.3, -0.25) is 9.59 Å². The molecule has 0 fully saturated rings. The number of ether oxygens (including phenoxy) is 2. The maximum atomic E-state index is 12.4. The molecule has 118 valence electrons. The van der Waals surface area contributed by atoms with E-state index in [1.54, 1.807) is 24.3 Å². The van der Waals surface area contributed by atoms with Gasteiger partial charge in [-0.1, -0.05) is 29.8 Å². The Kier molecular flexibility index (Phi) is 4.42. The van der Waals surface area contributed by atoms with Crippen LogP contribution in [-0.4, -0.2) is 24.8 Å². The van der Waals surface area contributed by atoms with Gasteiger partial charge >= 0.3 is 0 Å². The van der Waals surface area contributed by atoms with Crippen molar-refractivity contribution >= 4 is 11.6 Å². The number of ketones is 2. The number of hydrogen-bond acceptors (Lipinski definition) is 4. The van der Waals surface area contributed by atoms with E-state index in [2.05, 4.69) is 0 Å². The monoisotopic (exact) mass is 310 g/mol. The van der Waals surface area contributed by atoms with Crippen LogP contribution >= 0.6 is 0 Å². The maximum absolute atomic E-state index is 12.4. The van der Waals surface area contributed by atoms with Crippen molar-refractivity contribution in [2.75, 3.05) is 13.2 Å². The normalized spacial score (nSPS) is 12.7. The van der Waals surface area contributed by atoms with Crippen molar-refractivity contribution in [2.24, 2.45) is 0 Å². The Morgan fingerprint density at radius 1 is 0.957 bits per heavy atom. The van der Waals surface area contributed by atoms with Gasteiger partial charge in [0.1, 0.15) is 13.2 Å². The van der Waals surface area contributed by atoms with Gasteiger partial charge in [-0.2, -0.15) is 0 Å².